The van der Waals surface area contributed by atoms with Gasteiger partial charge in [0.2, 0.25) is 11.8 Å². The molecule has 0 radical (unpaired) electrons. The lowest BCUT2D eigenvalue weighted by atomic mass is 9.98. The van der Waals surface area contributed by atoms with Crippen molar-refractivity contribution in [3.63, 3.8) is 0 Å². The number of piperazine rings is 1. The Kier molecular flexibility index (Phi) is 7.50. The van der Waals surface area contributed by atoms with Crippen LogP contribution in [0.2, 0.25) is 0 Å². The van der Waals surface area contributed by atoms with Gasteiger partial charge in [-0.2, -0.15) is 0 Å². The van der Waals surface area contributed by atoms with Crippen LogP contribution in [0.1, 0.15) is 22.7 Å². The van der Waals surface area contributed by atoms with Gasteiger partial charge in [-0.25, -0.2) is 0 Å². The van der Waals surface area contributed by atoms with E-state index in [1.165, 1.54) is 5.56 Å². The molecule has 6 nitrogen and oxygen atoms in total. The van der Waals surface area contributed by atoms with Crippen LogP contribution in [0.25, 0.3) is 0 Å². The summed E-state index contributed by atoms with van der Waals surface area (Å²) in [5.41, 5.74) is 8.95. The van der Waals surface area contributed by atoms with Gasteiger partial charge in [0, 0.05) is 26.2 Å². The fraction of sp³-hybridized carbons (Fsp3) is 0.259. The molecular formula is C27H30N4O2. The number of nitrogens with zero attached hydrogens (tertiary/aromatic N) is 2. The van der Waals surface area contributed by atoms with E-state index in [9.17, 15) is 9.59 Å². The van der Waals surface area contributed by atoms with Gasteiger partial charge < -0.3 is 11.1 Å². The highest BCUT2D eigenvalue weighted by Crippen LogP contribution is 2.22. The van der Waals surface area contributed by atoms with Gasteiger partial charge in [-0.05, 0) is 16.7 Å². The van der Waals surface area contributed by atoms with Crippen molar-refractivity contribution in [3.05, 3.63) is 108 Å². The van der Waals surface area contributed by atoms with E-state index in [0.717, 1.165) is 24.2 Å². The lowest BCUT2D eigenvalue weighted by Gasteiger charge is -2.39. The van der Waals surface area contributed by atoms with Crippen molar-refractivity contribution in [2.45, 2.75) is 18.6 Å². The van der Waals surface area contributed by atoms with E-state index in [2.05, 4.69) is 22.3 Å². The standard InChI is InChI=1S/C27H30N4O2/c28-27(33)24-19-30(18-21-10-4-1-5-11-21)16-17-31(24)20-25(32)29-26(22-12-6-2-7-13-22)23-14-8-3-9-15-23/h1-15,24,26H,16-20H2,(H2,28,33)(H,29,32)/t24-/m0/s1. The Morgan fingerprint density at radius 3 is 1.94 bits per heavy atom. The van der Waals surface area contributed by atoms with Crippen LogP contribution < -0.4 is 11.1 Å². The summed E-state index contributed by atoms with van der Waals surface area (Å²) in [5, 5.41) is 3.16. The summed E-state index contributed by atoms with van der Waals surface area (Å²) in [6.07, 6.45) is 0. The Balaban J connectivity index is 1.42. The Morgan fingerprint density at radius 2 is 1.39 bits per heavy atom. The number of hydrogen-bond acceptors (Lipinski definition) is 4. The number of amides is 2. The van der Waals surface area contributed by atoms with Gasteiger partial charge in [0.25, 0.3) is 0 Å². The van der Waals surface area contributed by atoms with Crippen molar-refractivity contribution in [1.29, 1.82) is 0 Å². The fourth-order valence-electron chi connectivity index (χ4n) is 4.36. The second kappa shape index (κ2) is 10.9. The molecule has 4 rings (SSSR count). The SMILES string of the molecule is NC(=O)[C@@H]1CN(Cc2ccccc2)CCN1CC(=O)NC(c1ccccc1)c1ccccc1. The second-order valence-corrected chi connectivity index (χ2v) is 8.43. The first-order valence-electron chi connectivity index (χ1n) is 11.3. The van der Waals surface area contributed by atoms with Crippen LogP contribution in [0.5, 0.6) is 0 Å². The van der Waals surface area contributed by atoms with Crippen molar-refractivity contribution in [2.75, 3.05) is 26.2 Å². The summed E-state index contributed by atoms with van der Waals surface area (Å²) in [5.74, 6) is -0.529. The first-order valence-corrected chi connectivity index (χ1v) is 11.3. The third kappa shape index (κ3) is 6.06. The van der Waals surface area contributed by atoms with Gasteiger partial charge in [-0.15, -0.1) is 0 Å². The van der Waals surface area contributed by atoms with E-state index >= 15 is 0 Å². The summed E-state index contributed by atoms with van der Waals surface area (Å²) < 4.78 is 0. The molecule has 1 saturated heterocycles. The zero-order chi connectivity index (χ0) is 23.0. The van der Waals surface area contributed by atoms with Crippen molar-refractivity contribution in [3.8, 4) is 0 Å². The smallest absolute Gasteiger partial charge is 0.236 e. The molecule has 0 spiro atoms. The number of carbonyl (C=O) groups excluding carboxylic acids is 2. The van der Waals surface area contributed by atoms with E-state index in [1.54, 1.807) is 0 Å². The first-order chi connectivity index (χ1) is 16.1. The molecule has 1 aliphatic heterocycles. The van der Waals surface area contributed by atoms with Gasteiger partial charge in [0.05, 0.1) is 12.6 Å². The minimum atomic E-state index is -0.500. The molecule has 3 aromatic rings. The topological polar surface area (TPSA) is 78.7 Å². The number of rotatable bonds is 8. The van der Waals surface area contributed by atoms with E-state index in [0.29, 0.717) is 13.1 Å². The van der Waals surface area contributed by atoms with Gasteiger partial charge >= 0.3 is 0 Å². The molecule has 3 N–H and O–H groups in total. The van der Waals surface area contributed by atoms with E-state index in [1.807, 2.05) is 83.8 Å². The molecule has 6 heteroatoms. The Labute approximate surface area is 195 Å². The third-order valence-electron chi connectivity index (χ3n) is 6.07. The molecular weight excluding hydrogens is 412 g/mol. The third-order valence-corrected chi connectivity index (χ3v) is 6.07. The average molecular weight is 443 g/mol. The number of nitrogens with one attached hydrogen (secondary N) is 1. The normalized spacial score (nSPS) is 17.1. The number of carbonyl (C=O) groups is 2. The minimum Gasteiger partial charge on any atom is -0.368 e. The molecule has 0 unspecified atom stereocenters. The molecule has 3 aromatic carbocycles. The van der Waals surface area contributed by atoms with Crippen LogP contribution in [-0.4, -0.2) is 53.8 Å². The molecule has 0 aromatic heterocycles. The van der Waals surface area contributed by atoms with Crippen molar-refractivity contribution < 1.29 is 9.59 Å². The summed E-state index contributed by atoms with van der Waals surface area (Å²) in [6.45, 7) is 2.78. The predicted octanol–water partition coefficient (Wildman–Crippen LogP) is 2.56. The highest BCUT2D eigenvalue weighted by atomic mass is 16.2. The van der Waals surface area contributed by atoms with Gasteiger partial charge in [0.1, 0.15) is 6.04 Å². The molecule has 1 fully saturated rings. The van der Waals surface area contributed by atoms with Crippen molar-refractivity contribution >= 4 is 11.8 Å². The molecule has 33 heavy (non-hydrogen) atoms. The number of nitrogens with two attached hydrogens (primary N) is 1. The molecule has 1 aliphatic rings. The minimum absolute atomic E-state index is 0.128. The highest BCUT2D eigenvalue weighted by Gasteiger charge is 2.32. The summed E-state index contributed by atoms with van der Waals surface area (Å²) in [4.78, 5) is 29.4. The highest BCUT2D eigenvalue weighted by molar-refractivity contribution is 5.83. The molecule has 0 bridgehead atoms. The maximum Gasteiger partial charge on any atom is 0.236 e. The van der Waals surface area contributed by atoms with Crippen LogP contribution in [0.3, 0.4) is 0 Å². The summed E-state index contributed by atoms with van der Waals surface area (Å²) in [7, 11) is 0. The lowest BCUT2D eigenvalue weighted by molar-refractivity contribution is -0.129. The zero-order valence-electron chi connectivity index (χ0n) is 18.6. The summed E-state index contributed by atoms with van der Waals surface area (Å²) >= 11 is 0. The number of primary amides is 1. The first kappa shape index (κ1) is 22.7. The average Bonchev–Trinajstić information content (AvgIpc) is 2.85. The fourth-order valence-corrected chi connectivity index (χ4v) is 4.36. The largest absolute Gasteiger partial charge is 0.368 e. The quantitative estimate of drug-likeness (QED) is 0.562. The van der Waals surface area contributed by atoms with Crippen LogP contribution in [0, 0.1) is 0 Å². The van der Waals surface area contributed by atoms with Gasteiger partial charge in [-0.3, -0.25) is 19.4 Å². The molecule has 0 aliphatic carbocycles. The van der Waals surface area contributed by atoms with E-state index in [4.69, 9.17) is 5.73 Å². The van der Waals surface area contributed by atoms with E-state index in [-0.39, 0.29) is 18.5 Å². The Hall–Kier alpha value is -3.48. The zero-order valence-corrected chi connectivity index (χ0v) is 18.6. The van der Waals surface area contributed by atoms with Crippen molar-refractivity contribution in [1.82, 2.24) is 15.1 Å². The van der Waals surface area contributed by atoms with Crippen LogP contribution in [0.15, 0.2) is 91.0 Å². The Bertz CT molecular complexity index is 1000. The maximum absolute atomic E-state index is 13.1. The van der Waals surface area contributed by atoms with Crippen LogP contribution >= 0.6 is 0 Å². The monoisotopic (exact) mass is 442 g/mol. The summed E-state index contributed by atoms with van der Waals surface area (Å²) in [6, 6.07) is 29.2. The van der Waals surface area contributed by atoms with Crippen LogP contribution in [0.4, 0.5) is 0 Å². The molecule has 1 atom stereocenters. The van der Waals surface area contributed by atoms with Gasteiger partial charge in [0.15, 0.2) is 0 Å². The number of benzene rings is 3. The molecule has 2 amide bonds. The predicted molar refractivity (Wildman–Crippen MR) is 129 cm³/mol. The maximum atomic E-state index is 13.1. The van der Waals surface area contributed by atoms with E-state index < -0.39 is 11.9 Å². The second-order valence-electron chi connectivity index (χ2n) is 8.43. The molecule has 0 saturated carbocycles. The van der Waals surface area contributed by atoms with Crippen molar-refractivity contribution in [2.24, 2.45) is 5.73 Å². The molecule has 1 heterocycles. The lowest BCUT2D eigenvalue weighted by Crippen LogP contribution is -2.59. The van der Waals surface area contributed by atoms with Crippen LogP contribution in [-0.2, 0) is 16.1 Å². The van der Waals surface area contributed by atoms with Gasteiger partial charge in [-0.1, -0.05) is 91.0 Å². The number of hydrogen-bond donors (Lipinski definition) is 2. The Morgan fingerprint density at radius 1 is 0.848 bits per heavy atom. The molecule has 170 valence electrons.